The van der Waals surface area contributed by atoms with Crippen molar-refractivity contribution in [2.45, 2.75) is 6.10 Å². The molecule has 7 nitrogen and oxygen atoms in total. The minimum atomic E-state index is -1.14. The Morgan fingerprint density at radius 3 is 2.57 bits per heavy atom. The van der Waals surface area contributed by atoms with Crippen molar-refractivity contribution < 1.29 is 19.1 Å². The van der Waals surface area contributed by atoms with E-state index in [4.69, 9.17) is 9.47 Å². The van der Waals surface area contributed by atoms with Gasteiger partial charge in [-0.05, 0) is 24.3 Å². The van der Waals surface area contributed by atoms with E-state index >= 15 is 0 Å². The number of carbonyl (C=O) groups is 2. The zero-order valence-corrected chi connectivity index (χ0v) is 16.2. The van der Waals surface area contributed by atoms with Crippen molar-refractivity contribution in [3.05, 3.63) is 96.4 Å². The zero-order valence-electron chi connectivity index (χ0n) is 16.2. The van der Waals surface area contributed by atoms with E-state index in [1.54, 1.807) is 78.5 Å². The number of aromatic nitrogens is 2. The van der Waals surface area contributed by atoms with E-state index in [9.17, 15) is 9.59 Å². The van der Waals surface area contributed by atoms with Crippen LogP contribution in [-0.2, 0) is 9.53 Å². The lowest BCUT2D eigenvalue weighted by Gasteiger charge is -2.18. The van der Waals surface area contributed by atoms with E-state index < -0.39 is 18.0 Å². The van der Waals surface area contributed by atoms with E-state index in [2.05, 4.69) is 10.3 Å². The van der Waals surface area contributed by atoms with E-state index in [-0.39, 0.29) is 5.69 Å². The second-order valence-electron chi connectivity index (χ2n) is 6.51. The number of anilines is 1. The predicted octanol–water partition coefficient (Wildman–Crippen LogP) is 3.88. The lowest BCUT2D eigenvalue weighted by Crippen LogP contribution is -2.26. The van der Waals surface area contributed by atoms with Crippen LogP contribution in [0.25, 0.3) is 5.65 Å². The van der Waals surface area contributed by atoms with Crippen molar-refractivity contribution in [1.82, 2.24) is 9.38 Å². The number of esters is 1. The van der Waals surface area contributed by atoms with Gasteiger partial charge in [-0.25, -0.2) is 9.78 Å². The highest BCUT2D eigenvalue weighted by Crippen LogP contribution is 2.23. The van der Waals surface area contributed by atoms with E-state index in [1.165, 1.54) is 0 Å². The Kier molecular flexibility index (Phi) is 5.43. The molecule has 0 saturated heterocycles. The quantitative estimate of drug-likeness (QED) is 0.496. The Bertz CT molecular complexity index is 1150. The van der Waals surface area contributed by atoms with Gasteiger partial charge in [0.05, 0.1) is 7.11 Å². The van der Waals surface area contributed by atoms with Gasteiger partial charge in [0, 0.05) is 29.7 Å². The molecule has 1 amide bonds. The molecule has 7 heteroatoms. The second kappa shape index (κ2) is 8.48. The number of imidazole rings is 1. The summed E-state index contributed by atoms with van der Waals surface area (Å²) in [7, 11) is 1.55. The number of fused-ring (bicyclic) bond motifs is 1. The van der Waals surface area contributed by atoms with Gasteiger partial charge in [0.15, 0.2) is 5.69 Å². The summed E-state index contributed by atoms with van der Waals surface area (Å²) >= 11 is 0. The summed E-state index contributed by atoms with van der Waals surface area (Å²) in [6.45, 7) is 0. The van der Waals surface area contributed by atoms with E-state index in [0.29, 0.717) is 22.6 Å². The van der Waals surface area contributed by atoms with Gasteiger partial charge in [-0.2, -0.15) is 0 Å². The smallest absolute Gasteiger partial charge is 0.359 e. The first-order valence-electron chi connectivity index (χ1n) is 9.28. The number of amides is 1. The molecule has 1 N–H and O–H groups in total. The first-order valence-corrected chi connectivity index (χ1v) is 9.28. The van der Waals surface area contributed by atoms with Crippen molar-refractivity contribution in [2.24, 2.45) is 0 Å². The lowest BCUT2D eigenvalue weighted by molar-refractivity contribution is -0.125. The molecule has 0 aliphatic heterocycles. The zero-order chi connectivity index (χ0) is 20.9. The standard InChI is InChI=1S/C23H19N3O4/c1-29-18-11-7-10-17(14-18)24-22(27)21(16-8-3-2-4-9-16)30-23(28)19-15-26-13-6-5-12-20(26)25-19/h2-15,21H,1H3,(H,24,27)/t21-/m0/s1. The van der Waals surface area contributed by atoms with Crippen molar-refractivity contribution in [3.8, 4) is 5.75 Å². The molecule has 2 aromatic carbocycles. The fraction of sp³-hybridized carbons (Fsp3) is 0.0870. The number of benzene rings is 2. The van der Waals surface area contributed by atoms with Crippen LogP contribution < -0.4 is 10.1 Å². The normalized spacial score (nSPS) is 11.6. The highest BCUT2D eigenvalue weighted by Gasteiger charge is 2.27. The highest BCUT2D eigenvalue weighted by molar-refractivity contribution is 5.98. The van der Waals surface area contributed by atoms with Gasteiger partial charge < -0.3 is 19.2 Å². The predicted molar refractivity (Wildman–Crippen MR) is 111 cm³/mol. The molecule has 0 radical (unpaired) electrons. The Labute approximate surface area is 172 Å². The molecule has 150 valence electrons. The molecule has 0 spiro atoms. The Morgan fingerprint density at radius 1 is 1.00 bits per heavy atom. The van der Waals surface area contributed by atoms with Gasteiger partial charge in [-0.3, -0.25) is 4.79 Å². The number of methoxy groups -OCH3 is 1. The number of hydrogen-bond donors (Lipinski definition) is 1. The lowest BCUT2D eigenvalue weighted by atomic mass is 10.1. The van der Waals surface area contributed by atoms with Gasteiger partial charge in [-0.1, -0.05) is 42.5 Å². The van der Waals surface area contributed by atoms with Crippen molar-refractivity contribution in [2.75, 3.05) is 12.4 Å². The topological polar surface area (TPSA) is 81.9 Å². The third-order valence-corrected chi connectivity index (χ3v) is 4.48. The number of rotatable bonds is 6. The van der Waals surface area contributed by atoms with Crippen LogP contribution >= 0.6 is 0 Å². The number of ether oxygens (including phenoxy) is 2. The Balaban J connectivity index is 1.59. The molecule has 2 heterocycles. The first-order chi connectivity index (χ1) is 14.6. The number of hydrogen-bond acceptors (Lipinski definition) is 5. The molecule has 0 bridgehead atoms. The maximum atomic E-state index is 13.0. The summed E-state index contributed by atoms with van der Waals surface area (Å²) in [5.41, 5.74) is 1.82. The third kappa shape index (κ3) is 4.15. The summed E-state index contributed by atoms with van der Waals surface area (Å²) in [4.78, 5) is 30.0. The maximum Gasteiger partial charge on any atom is 0.359 e. The summed E-state index contributed by atoms with van der Waals surface area (Å²) < 4.78 is 12.5. The van der Waals surface area contributed by atoms with E-state index in [1.807, 2.05) is 18.2 Å². The SMILES string of the molecule is COc1cccc(NC(=O)[C@@H](OC(=O)c2cn3ccccc3n2)c2ccccc2)c1. The molecule has 0 unspecified atom stereocenters. The molecular weight excluding hydrogens is 382 g/mol. The van der Waals surface area contributed by atoms with Gasteiger partial charge >= 0.3 is 5.97 Å². The summed E-state index contributed by atoms with van der Waals surface area (Å²) in [5, 5.41) is 2.78. The fourth-order valence-corrected chi connectivity index (χ4v) is 3.01. The molecule has 0 aliphatic rings. The van der Waals surface area contributed by atoms with Crippen LogP contribution in [0.1, 0.15) is 22.2 Å². The molecular formula is C23H19N3O4. The average molecular weight is 401 g/mol. The maximum absolute atomic E-state index is 13.0. The van der Waals surface area contributed by atoms with Crippen LogP contribution in [0.3, 0.4) is 0 Å². The van der Waals surface area contributed by atoms with Gasteiger partial charge in [0.25, 0.3) is 5.91 Å². The number of nitrogens with one attached hydrogen (secondary N) is 1. The molecule has 0 aliphatic carbocycles. The van der Waals surface area contributed by atoms with Crippen molar-refractivity contribution in [3.63, 3.8) is 0 Å². The van der Waals surface area contributed by atoms with Crippen LogP contribution in [0.15, 0.2) is 85.2 Å². The Hall–Kier alpha value is -4.13. The molecule has 1 atom stereocenters. The average Bonchev–Trinajstić information content (AvgIpc) is 3.22. The largest absolute Gasteiger partial charge is 0.497 e. The van der Waals surface area contributed by atoms with Crippen molar-refractivity contribution in [1.29, 1.82) is 0 Å². The van der Waals surface area contributed by atoms with E-state index in [0.717, 1.165) is 0 Å². The van der Waals surface area contributed by atoms with Gasteiger partial charge in [0.1, 0.15) is 11.4 Å². The highest BCUT2D eigenvalue weighted by atomic mass is 16.5. The second-order valence-corrected chi connectivity index (χ2v) is 6.51. The summed E-state index contributed by atoms with van der Waals surface area (Å²) in [6, 6.07) is 21.2. The molecule has 4 rings (SSSR count). The van der Waals surface area contributed by atoms with Crippen LogP contribution in [-0.4, -0.2) is 28.4 Å². The molecule has 0 fully saturated rings. The minimum Gasteiger partial charge on any atom is -0.497 e. The van der Waals surface area contributed by atoms with Crippen LogP contribution in [0.5, 0.6) is 5.75 Å². The van der Waals surface area contributed by atoms with Crippen LogP contribution in [0, 0.1) is 0 Å². The van der Waals surface area contributed by atoms with Crippen molar-refractivity contribution >= 4 is 23.2 Å². The minimum absolute atomic E-state index is 0.122. The third-order valence-electron chi connectivity index (χ3n) is 4.48. The van der Waals surface area contributed by atoms with Gasteiger partial charge in [0.2, 0.25) is 6.10 Å². The molecule has 2 aromatic heterocycles. The first kappa shape index (κ1) is 19.2. The number of pyridine rings is 1. The van der Waals surface area contributed by atoms with Crippen LogP contribution in [0.2, 0.25) is 0 Å². The summed E-state index contributed by atoms with van der Waals surface area (Å²) in [6.07, 6.45) is 2.21. The molecule has 30 heavy (non-hydrogen) atoms. The van der Waals surface area contributed by atoms with Gasteiger partial charge in [-0.15, -0.1) is 0 Å². The monoisotopic (exact) mass is 401 g/mol. The molecule has 0 saturated carbocycles. The number of nitrogens with zero attached hydrogens (tertiary/aromatic N) is 2. The van der Waals surface area contributed by atoms with Crippen LogP contribution in [0.4, 0.5) is 5.69 Å². The fourth-order valence-electron chi connectivity index (χ4n) is 3.01. The number of carbonyl (C=O) groups excluding carboxylic acids is 2. The summed E-state index contributed by atoms with van der Waals surface area (Å²) in [5.74, 6) is -0.564. The Morgan fingerprint density at radius 2 is 1.80 bits per heavy atom. The molecule has 4 aromatic rings.